The summed E-state index contributed by atoms with van der Waals surface area (Å²) in [4.78, 5) is 11.8. The smallest absolute Gasteiger partial charge is 0.340 e. The lowest BCUT2D eigenvalue weighted by atomic mass is 10.2. The summed E-state index contributed by atoms with van der Waals surface area (Å²) < 4.78 is 19.0. The number of nitrogens with two attached hydrogens (primary N) is 1. The Bertz CT molecular complexity index is 616. The second kappa shape index (κ2) is 5.84. The van der Waals surface area contributed by atoms with E-state index in [9.17, 15) is 9.18 Å². The number of esters is 1. The lowest BCUT2D eigenvalue weighted by molar-refractivity contribution is 0.0472. The molecule has 0 aliphatic heterocycles. The Morgan fingerprint density at radius 1 is 1.26 bits per heavy atom. The van der Waals surface area contributed by atoms with Crippen molar-refractivity contribution in [2.24, 2.45) is 0 Å². The van der Waals surface area contributed by atoms with Crippen molar-refractivity contribution in [3.8, 4) is 0 Å². The van der Waals surface area contributed by atoms with Gasteiger partial charge in [0, 0.05) is 15.7 Å². The maximum atomic E-state index is 13.1. The molecule has 2 aromatic carbocycles. The number of rotatable bonds is 3. The zero-order chi connectivity index (χ0) is 13.8. The average Bonchev–Trinajstić information content (AvgIpc) is 2.40. The van der Waals surface area contributed by atoms with Crippen LogP contribution in [0.3, 0.4) is 0 Å². The SMILES string of the molecule is Nc1ccc(F)cc1C(=O)OCc1ccccc1Br. The molecule has 0 aromatic heterocycles. The summed E-state index contributed by atoms with van der Waals surface area (Å²) in [6.45, 7) is 0.0935. The quantitative estimate of drug-likeness (QED) is 0.694. The number of hydrogen-bond acceptors (Lipinski definition) is 3. The zero-order valence-electron chi connectivity index (χ0n) is 9.90. The van der Waals surface area contributed by atoms with Crippen LogP contribution in [0.5, 0.6) is 0 Å². The molecule has 19 heavy (non-hydrogen) atoms. The van der Waals surface area contributed by atoms with Gasteiger partial charge in [-0.1, -0.05) is 34.1 Å². The van der Waals surface area contributed by atoms with Crippen LogP contribution in [0.15, 0.2) is 46.9 Å². The van der Waals surface area contributed by atoms with Crippen molar-refractivity contribution in [1.82, 2.24) is 0 Å². The van der Waals surface area contributed by atoms with Gasteiger partial charge in [0.1, 0.15) is 12.4 Å². The fourth-order valence-electron chi connectivity index (χ4n) is 1.54. The predicted molar refractivity (Wildman–Crippen MR) is 74.1 cm³/mol. The molecule has 98 valence electrons. The van der Waals surface area contributed by atoms with Gasteiger partial charge in [-0.15, -0.1) is 0 Å². The van der Waals surface area contributed by atoms with Crippen LogP contribution < -0.4 is 5.73 Å². The van der Waals surface area contributed by atoms with Crippen LogP contribution in [-0.4, -0.2) is 5.97 Å². The number of ether oxygens (including phenoxy) is 1. The molecule has 5 heteroatoms. The highest BCUT2D eigenvalue weighted by Crippen LogP contribution is 2.19. The summed E-state index contributed by atoms with van der Waals surface area (Å²) in [6, 6.07) is 11.0. The van der Waals surface area contributed by atoms with Crippen LogP contribution in [0.4, 0.5) is 10.1 Å². The minimum Gasteiger partial charge on any atom is -0.457 e. The molecule has 2 N–H and O–H groups in total. The molecule has 2 aromatic rings. The van der Waals surface area contributed by atoms with E-state index in [2.05, 4.69) is 15.9 Å². The Kier molecular flexibility index (Phi) is 4.16. The van der Waals surface area contributed by atoms with Crippen LogP contribution >= 0.6 is 15.9 Å². The topological polar surface area (TPSA) is 52.3 Å². The summed E-state index contributed by atoms with van der Waals surface area (Å²) in [7, 11) is 0. The van der Waals surface area contributed by atoms with Gasteiger partial charge in [-0.05, 0) is 24.3 Å². The summed E-state index contributed by atoms with van der Waals surface area (Å²) >= 11 is 3.35. The molecule has 0 aliphatic rings. The number of halogens is 2. The third-order valence-electron chi connectivity index (χ3n) is 2.55. The van der Waals surface area contributed by atoms with Crippen molar-refractivity contribution < 1.29 is 13.9 Å². The molecule has 0 aliphatic carbocycles. The van der Waals surface area contributed by atoms with Gasteiger partial charge in [0.25, 0.3) is 0 Å². The van der Waals surface area contributed by atoms with Gasteiger partial charge in [0.15, 0.2) is 0 Å². The Morgan fingerprint density at radius 2 is 2.00 bits per heavy atom. The van der Waals surface area contributed by atoms with Gasteiger partial charge in [-0.2, -0.15) is 0 Å². The van der Waals surface area contributed by atoms with E-state index in [1.54, 1.807) is 0 Å². The Morgan fingerprint density at radius 3 is 2.74 bits per heavy atom. The van der Waals surface area contributed by atoms with E-state index in [-0.39, 0.29) is 17.9 Å². The van der Waals surface area contributed by atoms with Gasteiger partial charge in [-0.3, -0.25) is 0 Å². The van der Waals surface area contributed by atoms with E-state index < -0.39 is 11.8 Å². The Hall–Kier alpha value is -1.88. The second-order valence-electron chi connectivity index (χ2n) is 3.90. The van der Waals surface area contributed by atoms with Gasteiger partial charge >= 0.3 is 5.97 Å². The van der Waals surface area contributed by atoms with E-state index in [1.165, 1.54) is 12.1 Å². The molecule has 0 atom stereocenters. The van der Waals surface area contributed by atoms with E-state index in [0.29, 0.717) is 0 Å². The van der Waals surface area contributed by atoms with Crippen molar-refractivity contribution in [2.45, 2.75) is 6.61 Å². The largest absolute Gasteiger partial charge is 0.457 e. The van der Waals surface area contributed by atoms with Crippen LogP contribution in [-0.2, 0) is 11.3 Å². The standard InChI is InChI=1S/C14H11BrFNO2/c15-12-4-2-1-3-9(12)8-19-14(18)11-7-10(16)5-6-13(11)17/h1-7H,8,17H2. The summed E-state index contributed by atoms with van der Waals surface area (Å²) in [5, 5.41) is 0. The van der Waals surface area contributed by atoms with Crippen LogP contribution in [0.1, 0.15) is 15.9 Å². The zero-order valence-corrected chi connectivity index (χ0v) is 11.5. The normalized spacial score (nSPS) is 10.2. The van der Waals surface area contributed by atoms with Crippen molar-refractivity contribution in [2.75, 3.05) is 5.73 Å². The minimum atomic E-state index is -0.646. The number of carbonyl (C=O) groups is 1. The van der Waals surface area contributed by atoms with Crippen LogP contribution in [0, 0.1) is 5.82 Å². The predicted octanol–water partition coefficient (Wildman–Crippen LogP) is 3.53. The van der Waals surface area contributed by atoms with Gasteiger partial charge < -0.3 is 10.5 Å². The molecule has 0 amide bonds. The lowest BCUT2D eigenvalue weighted by Gasteiger charge is -2.08. The van der Waals surface area contributed by atoms with E-state index in [1.807, 2.05) is 24.3 Å². The number of nitrogen functional groups attached to an aromatic ring is 1. The second-order valence-corrected chi connectivity index (χ2v) is 4.75. The molecule has 0 radical (unpaired) electrons. The van der Waals surface area contributed by atoms with E-state index in [4.69, 9.17) is 10.5 Å². The highest BCUT2D eigenvalue weighted by atomic mass is 79.9. The Balaban J connectivity index is 2.10. The maximum absolute atomic E-state index is 13.1. The van der Waals surface area contributed by atoms with E-state index in [0.717, 1.165) is 16.1 Å². The van der Waals surface area contributed by atoms with Crippen molar-refractivity contribution >= 4 is 27.6 Å². The number of benzene rings is 2. The van der Waals surface area contributed by atoms with Crippen molar-refractivity contribution in [1.29, 1.82) is 0 Å². The van der Waals surface area contributed by atoms with Gasteiger partial charge in [0.05, 0.1) is 5.56 Å². The molecule has 0 saturated carbocycles. The molecule has 0 spiro atoms. The molecule has 0 bridgehead atoms. The summed E-state index contributed by atoms with van der Waals surface area (Å²) in [5.74, 6) is -1.17. The Labute approximate surface area is 118 Å². The minimum absolute atomic E-state index is 0.0343. The summed E-state index contributed by atoms with van der Waals surface area (Å²) in [5.41, 5.74) is 6.66. The van der Waals surface area contributed by atoms with Crippen LogP contribution in [0.25, 0.3) is 0 Å². The molecule has 0 unspecified atom stereocenters. The lowest BCUT2D eigenvalue weighted by Crippen LogP contribution is -2.09. The molecule has 0 fully saturated rings. The maximum Gasteiger partial charge on any atom is 0.340 e. The molecule has 2 rings (SSSR count). The fourth-order valence-corrected chi connectivity index (χ4v) is 1.94. The fraction of sp³-hybridized carbons (Fsp3) is 0.0714. The number of anilines is 1. The van der Waals surface area contributed by atoms with Crippen molar-refractivity contribution in [3.63, 3.8) is 0 Å². The van der Waals surface area contributed by atoms with Gasteiger partial charge in [-0.25, -0.2) is 9.18 Å². The molecule has 0 saturated heterocycles. The first kappa shape index (κ1) is 13.5. The van der Waals surface area contributed by atoms with Crippen molar-refractivity contribution in [3.05, 3.63) is 63.9 Å². The highest BCUT2D eigenvalue weighted by Gasteiger charge is 2.13. The molecular formula is C14H11BrFNO2. The highest BCUT2D eigenvalue weighted by molar-refractivity contribution is 9.10. The third kappa shape index (κ3) is 3.32. The van der Waals surface area contributed by atoms with Gasteiger partial charge in [0.2, 0.25) is 0 Å². The first-order valence-electron chi connectivity index (χ1n) is 5.53. The number of carbonyl (C=O) groups excluding carboxylic acids is 1. The van der Waals surface area contributed by atoms with E-state index >= 15 is 0 Å². The number of hydrogen-bond donors (Lipinski definition) is 1. The first-order valence-corrected chi connectivity index (χ1v) is 6.33. The first-order chi connectivity index (χ1) is 9.08. The average molecular weight is 324 g/mol. The van der Waals surface area contributed by atoms with Crippen LogP contribution in [0.2, 0.25) is 0 Å². The molecular weight excluding hydrogens is 313 g/mol. The summed E-state index contributed by atoms with van der Waals surface area (Å²) in [6.07, 6.45) is 0. The third-order valence-corrected chi connectivity index (χ3v) is 3.33. The monoisotopic (exact) mass is 323 g/mol. The molecule has 0 heterocycles. The molecule has 3 nitrogen and oxygen atoms in total.